The molecule has 1 atom stereocenters. The molecule has 168 valence electrons. The number of pyridine rings is 1. The maximum Gasteiger partial charge on any atom is 0.250 e. The van der Waals surface area contributed by atoms with E-state index < -0.39 is 0 Å². The van der Waals surface area contributed by atoms with Crippen molar-refractivity contribution in [2.24, 2.45) is 4.99 Å². The minimum Gasteiger partial charge on any atom is -0.493 e. The van der Waals surface area contributed by atoms with E-state index >= 15 is 0 Å². The van der Waals surface area contributed by atoms with E-state index in [2.05, 4.69) is 27.8 Å². The molecule has 7 nitrogen and oxygen atoms in total. The molecule has 3 rings (SSSR count). The second-order valence-electron chi connectivity index (χ2n) is 7.37. The second-order valence-corrected chi connectivity index (χ2v) is 7.37. The number of aromatic nitrogens is 1. The van der Waals surface area contributed by atoms with Crippen LogP contribution in [0.4, 0.5) is 0 Å². The van der Waals surface area contributed by atoms with Gasteiger partial charge in [0, 0.05) is 25.9 Å². The van der Waals surface area contributed by atoms with E-state index in [9.17, 15) is 4.79 Å². The van der Waals surface area contributed by atoms with Crippen molar-refractivity contribution in [1.82, 2.24) is 15.2 Å². The Hall–Kier alpha value is -3.74. The highest BCUT2D eigenvalue weighted by Crippen LogP contribution is 2.26. The summed E-state index contributed by atoms with van der Waals surface area (Å²) in [5.74, 6) is 2.12. The lowest BCUT2D eigenvalue weighted by atomic mass is 10.1. The van der Waals surface area contributed by atoms with E-state index in [1.807, 2.05) is 49.4 Å². The number of aliphatic imine (C=N–C) groups is 1. The van der Waals surface area contributed by atoms with Crippen molar-refractivity contribution < 1.29 is 9.47 Å². The third-order valence-corrected chi connectivity index (χ3v) is 4.91. The molecule has 0 saturated heterocycles. The third-order valence-electron chi connectivity index (χ3n) is 4.91. The van der Waals surface area contributed by atoms with Gasteiger partial charge in [-0.1, -0.05) is 42.5 Å². The van der Waals surface area contributed by atoms with Gasteiger partial charge >= 0.3 is 0 Å². The quantitative estimate of drug-likeness (QED) is 0.400. The van der Waals surface area contributed by atoms with Gasteiger partial charge in [-0.25, -0.2) is 0 Å². The van der Waals surface area contributed by atoms with Crippen molar-refractivity contribution >= 4 is 5.96 Å². The molecular weight excluding hydrogens is 404 g/mol. The largest absolute Gasteiger partial charge is 0.493 e. The Morgan fingerprint density at radius 1 is 0.969 bits per heavy atom. The molecular formula is C25H30N4O3. The van der Waals surface area contributed by atoms with Crippen LogP contribution in [-0.4, -0.2) is 37.3 Å². The predicted molar refractivity (Wildman–Crippen MR) is 128 cm³/mol. The van der Waals surface area contributed by atoms with Crippen molar-refractivity contribution in [3.8, 4) is 11.5 Å². The second kappa shape index (κ2) is 11.6. The summed E-state index contributed by atoms with van der Waals surface area (Å²) in [6, 6.07) is 21.0. The van der Waals surface area contributed by atoms with Crippen LogP contribution in [0.1, 0.15) is 18.1 Å². The Labute approximate surface area is 188 Å². The van der Waals surface area contributed by atoms with Gasteiger partial charge in [-0.2, -0.15) is 0 Å². The highest BCUT2D eigenvalue weighted by Gasteiger charge is 2.09. The van der Waals surface area contributed by atoms with Gasteiger partial charge in [0.1, 0.15) is 6.10 Å². The number of guanidine groups is 1. The molecule has 0 aliphatic rings. The zero-order chi connectivity index (χ0) is 22.8. The van der Waals surface area contributed by atoms with Gasteiger partial charge in [0.05, 0.1) is 20.2 Å². The molecule has 2 N–H and O–H groups in total. The topological polar surface area (TPSA) is 76.9 Å². The Kier molecular flexibility index (Phi) is 8.31. The zero-order valence-electron chi connectivity index (χ0n) is 18.7. The summed E-state index contributed by atoms with van der Waals surface area (Å²) >= 11 is 0. The standard InChI is InChI=1S/C25H30N4O3/c1-19(32-23-9-5-4-8-22(23)31-3)16-27-25(26-2)28-17-20-11-13-21(14-12-20)18-29-15-7-6-10-24(29)30/h4-15,19H,16-18H2,1-3H3,(H2,26,27,28). The fraction of sp³-hybridized carbons (Fsp3) is 0.280. The van der Waals surface area contributed by atoms with Gasteiger partial charge in [-0.3, -0.25) is 9.79 Å². The number of hydrogen-bond donors (Lipinski definition) is 2. The molecule has 2 aromatic carbocycles. The molecule has 0 aliphatic heterocycles. The van der Waals surface area contributed by atoms with Crippen LogP contribution in [0.5, 0.6) is 11.5 Å². The molecule has 0 saturated carbocycles. The zero-order valence-corrected chi connectivity index (χ0v) is 18.7. The fourth-order valence-electron chi connectivity index (χ4n) is 3.17. The maximum atomic E-state index is 11.9. The van der Waals surface area contributed by atoms with Crippen LogP contribution < -0.4 is 25.7 Å². The molecule has 7 heteroatoms. The van der Waals surface area contributed by atoms with Gasteiger partial charge in [0.2, 0.25) is 0 Å². The van der Waals surface area contributed by atoms with Crippen molar-refractivity contribution in [3.05, 3.63) is 94.4 Å². The summed E-state index contributed by atoms with van der Waals surface area (Å²) in [6.45, 7) is 3.76. The molecule has 0 aliphatic carbocycles. The summed E-state index contributed by atoms with van der Waals surface area (Å²) in [5.41, 5.74) is 2.19. The first-order valence-electron chi connectivity index (χ1n) is 10.6. The molecule has 0 spiro atoms. The monoisotopic (exact) mass is 434 g/mol. The lowest BCUT2D eigenvalue weighted by molar-refractivity contribution is 0.213. The van der Waals surface area contributed by atoms with Crippen molar-refractivity contribution in [1.29, 1.82) is 0 Å². The third kappa shape index (κ3) is 6.63. The molecule has 0 bridgehead atoms. The van der Waals surface area contributed by atoms with E-state index in [-0.39, 0.29) is 11.7 Å². The molecule has 1 heterocycles. The van der Waals surface area contributed by atoms with Crippen LogP contribution in [0, 0.1) is 0 Å². The smallest absolute Gasteiger partial charge is 0.250 e. The van der Waals surface area contributed by atoms with Crippen LogP contribution in [0.2, 0.25) is 0 Å². The average molecular weight is 435 g/mol. The van der Waals surface area contributed by atoms with Crippen molar-refractivity contribution in [3.63, 3.8) is 0 Å². The molecule has 0 radical (unpaired) electrons. The Balaban J connectivity index is 1.46. The number of para-hydroxylation sites is 2. The normalized spacial score (nSPS) is 12.2. The SMILES string of the molecule is CN=C(NCc1ccc(Cn2ccccc2=O)cc1)NCC(C)Oc1ccccc1OC. The van der Waals surface area contributed by atoms with Crippen LogP contribution >= 0.6 is 0 Å². The number of benzene rings is 2. The van der Waals surface area contributed by atoms with Crippen LogP contribution in [-0.2, 0) is 13.1 Å². The van der Waals surface area contributed by atoms with Gasteiger partial charge in [0.15, 0.2) is 17.5 Å². The number of nitrogens with one attached hydrogen (secondary N) is 2. The van der Waals surface area contributed by atoms with E-state index in [0.29, 0.717) is 37.1 Å². The number of methoxy groups -OCH3 is 1. The fourth-order valence-corrected chi connectivity index (χ4v) is 3.17. The summed E-state index contributed by atoms with van der Waals surface area (Å²) < 4.78 is 13.0. The molecule has 1 unspecified atom stereocenters. The van der Waals surface area contributed by atoms with Gasteiger partial charge in [-0.15, -0.1) is 0 Å². The lowest BCUT2D eigenvalue weighted by Gasteiger charge is -2.19. The van der Waals surface area contributed by atoms with Gasteiger partial charge in [-0.05, 0) is 36.2 Å². The number of ether oxygens (including phenoxy) is 2. The van der Waals surface area contributed by atoms with Crippen LogP contribution in [0.25, 0.3) is 0 Å². The first-order chi connectivity index (χ1) is 15.6. The minimum absolute atomic E-state index is 0.00275. The average Bonchev–Trinajstić information content (AvgIpc) is 2.82. The summed E-state index contributed by atoms with van der Waals surface area (Å²) in [5, 5.41) is 6.59. The number of nitrogens with zero attached hydrogens (tertiary/aromatic N) is 2. The van der Waals surface area contributed by atoms with Crippen molar-refractivity contribution in [2.45, 2.75) is 26.1 Å². The van der Waals surface area contributed by atoms with E-state index in [1.165, 1.54) is 0 Å². The Morgan fingerprint density at radius 3 is 2.34 bits per heavy atom. The summed E-state index contributed by atoms with van der Waals surface area (Å²) in [4.78, 5) is 16.1. The molecule has 1 aromatic heterocycles. The number of hydrogen-bond acceptors (Lipinski definition) is 4. The minimum atomic E-state index is -0.0782. The molecule has 0 amide bonds. The predicted octanol–water partition coefficient (Wildman–Crippen LogP) is 3.04. The Bertz CT molecular complexity index is 1080. The number of rotatable bonds is 9. The molecule has 3 aromatic rings. The lowest BCUT2D eigenvalue weighted by Crippen LogP contribution is -2.41. The van der Waals surface area contributed by atoms with Gasteiger partial charge < -0.3 is 24.7 Å². The van der Waals surface area contributed by atoms with Gasteiger partial charge in [0.25, 0.3) is 5.56 Å². The van der Waals surface area contributed by atoms with Crippen LogP contribution in [0.15, 0.2) is 82.7 Å². The Morgan fingerprint density at radius 2 is 1.66 bits per heavy atom. The summed E-state index contributed by atoms with van der Waals surface area (Å²) in [6.07, 6.45) is 1.72. The molecule has 0 fully saturated rings. The van der Waals surface area contributed by atoms with E-state index in [4.69, 9.17) is 9.47 Å². The van der Waals surface area contributed by atoms with E-state index in [0.717, 1.165) is 11.1 Å². The first-order valence-corrected chi connectivity index (χ1v) is 10.6. The molecule has 32 heavy (non-hydrogen) atoms. The first kappa shape index (κ1) is 22.9. The highest BCUT2D eigenvalue weighted by molar-refractivity contribution is 5.79. The van der Waals surface area contributed by atoms with Crippen LogP contribution in [0.3, 0.4) is 0 Å². The van der Waals surface area contributed by atoms with Crippen molar-refractivity contribution in [2.75, 3.05) is 20.7 Å². The maximum absolute atomic E-state index is 11.9. The summed E-state index contributed by atoms with van der Waals surface area (Å²) in [7, 11) is 3.37. The van der Waals surface area contributed by atoms with E-state index in [1.54, 1.807) is 37.1 Å². The highest BCUT2D eigenvalue weighted by atomic mass is 16.5.